The molecule has 13 heavy (non-hydrogen) atoms. The van der Waals surface area contributed by atoms with Crippen LogP contribution in [0.2, 0.25) is 0 Å². The van der Waals surface area contributed by atoms with Crippen molar-refractivity contribution in [2.45, 2.75) is 51.9 Å². The van der Waals surface area contributed by atoms with E-state index in [-0.39, 0.29) is 0 Å². The molecule has 1 fully saturated rings. The zero-order valence-corrected chi connectivity index (χ0v) is 8.42. The van der Waals surface area contributed by atoms with Crippen LogP contribution < -0.4 is 0 Å². The van der Waals surface area contributed by atoms with Gasteiger partial charge in [0.15, 0.2) is 0 Å². The Kier molecular flexibility index (Phi) is 4.58. The van der Waals surface area contributed by atoms with Crippen LogP contribution in [-0.4, -0.2) is 10.9 Å². The lowest BCUT2D eigenvalue weighted by Gasteiger charge is -2.03. The molecule has 0 spiro atoms. The van der Waals surface area contributed by atoms with Crippen molar-refractivity contribution in [1.82, 2.24) is 0 Å². The number of hydrogen-bond donors (Lipinski definition) is 1. The van der Waals surface area contributed by atoms with Gasteiger partial charge < -0.3 is 5.21 Å². The third kappa shape index (κ3) is 3.21. The summed E-state index contributed by atoms with van der Waals surface area (Å²) in [4.78, 5) is 0. The Hall–Kier alpha value is -0.790. The van der Waals surface area contributed by atoms with E-state index in [1.54, 1.807) is 0 Å². The number of hydrogen-bond acceptors (Lipinski definition) is 2. The highest BCUT2D eigenvalue weighted by Crippen LogP contribution is 2.20. The first-order chi connectivity index (χ1) is 6.38. The molecular formula is C11H19NO. The molecule has 0 bridgehead atoms. The first kappa shape index (κ1) is 10.3. The number of unbranched alkanes of at least 4 members (excludes halogenated alkanes) is 1. The van der Waals surface area contributed by atoms with Crippen LogP contribution in [0.1, 0.15) is 51.9 Å². The lowest BCUT2D eigenvalue weighted by molar-refractivity contribution is 0.317. The van der Waals surface area contributed by atoms with Crippen LogP contribution in [-0.2, 0) is 0 Å². The molecule has 0 aromatic rings. The fraction of sp³-hybridized carbons (Fsp3) is 0.727. The van der Waals surface area contributed by atoms with E-state index in [0.717, 1.165) is 25.0 Å². The Balaban J connectivity index is 2.65. The summed E-state index contributed by atoms with van der Waals surface area (Å²) < 4.78 is 0. The Morgan fingerprint density at radius 1 is 1.31 bits per heavy atom. The highest BCUT2D eigenvalue weighted by atomic mass is 16.4. The first-order valence-electron chi connectivity index (χ1n) is 5.28. The fourth-order valence-corrected chi connectivity index (χ4v) is 1.74. The molecule has 1 rings (SSSR count). The summed E-state index contributed by atoms with van der Waals surface area (Å²) in [5, 5.41) is 12.2. The van der Waals surface area contributed by atoms with E-state index < -0.39 is 0 Å². The highest BCUT2D eigenvalue weighted by Gasteiger charge is 2.11. The van der Waals surface area contributed by atoms with Gasteiger partial charge in [-0.05, 0) is 37.7 Å². The largest absolute Gasteiger partial charge is 0.411 e. The van der Waals surface area contributed by atoms with E-state index >= 15 is 0 Å². The maximum absolute atomic E-state index is 8.83. The van der Waals surface area contributed by atoms with Crippen LogP contribution in [0.25, 0.3) is 0 Å². The Labute approximate surface area is 80.3 Å². The van der Waals surface area contributed by atoms with Gasteiger partial charge in [-0.25, -0.2) is 0 Å². The summed E-state index contributed by atoms with van der Waals surface area (Å²) in [5.41, 5.74) is 2.20. The molecule has 0 aliphatic heterocycles. The Bertz CT molecular complexity index is 206. The number of allylic oxidation sites excluding steroid dienone is 2. The van der Waals surface area contributed by atoms with E-state index in [1.165, 1.54) is 31.3 Å². The van der Waals surface area contributed by atoms with Gasteiger partial charge in [-0.3, -0.25) is 0 Å². The van der Waals surface area contributed by atoms with E-state index in [4.69, 9.17) is 5.21 Å². The van der Waals surface area contributed by atoms with Crippen molar-refractivity contribution < 1.29 is 5.21 Å². The molecule has 0 aromatic carbocycles. The Morgan fingerprint density at radius 2 is 2.08 bits per heavy atom. The lowest BCUT2D eigenvalue weighted by Crippen LogP contribution is -2.00. The summed E-state index contributed by atoms with van der Waals surface area (Å²) in [6.45, 7) is 2.17. The van der Waals surface area contributed by atoms with Crippen molar-refractivity contribution in [3.63, 3.8) is 0 Å². The molecule has 0 aromatic heterocycles. The summed E-state index contributed by atoms with van der Waals surface area (Å²) >= 11 is 0. The molecule has 0 amide bonds. The van der Waals surface area contributed by atoms with Crippen LogP contribution >= 0.6 is 0 Å². The smallest absolute Gasteiger partial charge is 0.0824 e. The molecule has 0 unspecified atom stereocenters. The monoisotopic (exact) mass is 181 g/mol. The minimum absolute atomic E-state index is 0.922. The van der Waals surface area contributed by atoms with Crippen molar-refractivity contribution >= 4 is 5.71 Å². The van der Waals surface area contributed by atoms with Gasteiger partial charge in [0, 0.05) is 0 Å². The van der Waals surface area contributed by atoms with Gasteiger partial charge >= 0.3 is 0 Å². The molecule has 2 heteroatoms. The van der Waals surface area contributed by atoms with E-state index in [9.17, 15) is 0 Å². The van der Waals surface area contributed by atoms with Gasteiger partial charge in [0.25, 0.3) is 0 Å². The minimum atomic E-state index is 0.922. The molecule has 1 saturated carbocycles. The number of oxime groups is 1. The molecule has 1 aliphatic rings. The molecule has 1 N–H and O–H groups in total. The third-order valence-electron chi connectivity index (χ3n) is 2.53. The zero-order chi connectivity index (χ0) is 9.52. The molecule has 74 valence electrons. The van der Waals surface area contributed by atoms with Crippen molar-refractivity contribution in [2.75, 3.05) is 0 Å². The van der Waals surface area contributed by atoms with Crippen molar-refractivity contribution in [3.05, 3.63) is 11.6 Å². The topological polar surface area (TPSA) is 32.6 Å². The standard InChI is InChI=1S/C11H19NO/c1-2-3-7-10-8-5-4-6-9-11(10)12-13/h7,13H,2-6,8-9H2,1H3/b10-7+,12-11+. The molecule has 2 nitrogen and oxygen atoms in total. The second kappa shape index (κ2) is 5.79. The number of nitrogens with zero attached hydrogens (tertiary/aromatic N) is 1. The van der Waals surface area contributed by atoms with Gasteiger partial charge in [0.1, 0.15) is 0 Å². The summed E-state index contributed by atoms with van der Waals surface area (Å²) in [6, 6.07) is 0. The van der Waals surface area contributed by atoms with Crippen molar-refractivity contribution in [1.29, 1.82) is 0 Å². The average Bonchev–Trinajstić information content (AvgIpc) is 2.39. The molecule has 0 saturated heterocycles. The van der Waals surface area contributed by atoms with E-state index in [1.807, 2.05) is 0 Å². The maximum Gasteiger partial charge on any atom is 0.0824 e. The maximum atomic E-state index is 8.83. The highest BCUT2D eigenvalue weighted by molar-refractivity contribution is 5.99. The van der Waals surface area contributed by atoms with Crippen LogP contribution in [0.4, 0.5) is 0 Å². The van der Waals surface area contributed by atoms with E-state index in [2.05, 4.69) is 18.2 Å². The average molecular weight is 181 g/mol. The van der Waals surface area contributed by atoms with Gasteiger partial charge in [-0.1, -0.05) is 31.0 Å². The third-order valence-corrected chi connectivity index (χ3v) is 2.53. The normalized spacial score (nSPS) is 25.0. The second-order valence-electron chi connectivity index (χ2n) is 3.63. The first-order valence-corrected chi connectivity index (χ1v) is 5.28. The van der Waals surface area contributed by atoms with Crippen molar-refractivity contribution in [3.8, 4) is 0 Å². The van der Waals surface area contributed by atoms with Crippen molar-refractivity contribution in [2.24, 2.45) is 5.16 Å². The summed E-state index contributed by atoms with van der Waals surface area (Å²) in [5.74, 6) is 0. The molecule has 0 radical (unpaired) electrons. The lowest BCUT2D eigenvalue weighted by atomic mass is 10.0. The Morgan fingerprint density at radius 3 is 2.77 bits per heavy atom. The molecular weight excluding hydrogens is 162 g/mol. The zero-order valence-electron chi connectivity index (χ0n) is 8.42. The second-order valence-corrected chi connectivity index (χ2v) is 3.63. The quantitative estimate of drug-likeness (QED) is 0.394. The van der Waals surface area contributed by atoms with Crippen LogP contribution in [0.5, 0.6) is 0 Å². The molecule has 0 atom stereocenters. The predicted molar refractivity (Wildman–Crippen MR) is 55.3 cm³/mol. The molecule has 1 aliphatic carbocycles. The SMILES string of the molecule is CCC/C=C1\CCCCC\C1=N/O. The van der Waals surface area contributed by atoms with Crippen LogP contribution in [0.15, 0.2) is 16.8 Å². The fourth-order valence-electron chi connectivity index (χ4n) is 1.74. The van der Waals surface area contributed by atoms with Crippen LogP contribution in [0.3, 0.4) is 0 Å². The van der Waals surface area contributed by atoms with Gasteiger partial charge in [-0.15, -0.1) is 0 Å². The van der Waals surface area contributed by atoms with Gasteiger partial charge in [-0.2, -0.15) is 0 Å². The minimum Gasteiger partial charge on any atom is -0.411 e. The van der Waals surface area contributed by atoms with Crippen LogP contribution in [0, 0.1) is 0 Å². The predicted octanol–water partition coefficient (Wildman–Crippen LogP) is 3.51. The molecule has 0 heterocycles. The van der Waals surface area contributed by atoms with Gasteiger partial charge in [0.05, 0.1) is 5.71 Å². The van der Waals surface area contributed by atoms with E-state index in [0.29, 0.717) is 0 Å². The van der Waals surface area contributed by atoms with Gasteiger partial charge in [0.2, 0.25) is 0 Å². The summed E-state index contributed by atoms with van der Waals surface area (Å²) in [7, 11) is 0. The number of rotatable bonds is 2. The summed E-state index contributed by atoms with van der Waals surface area (Å²) in [6.07, 6.45) is 10.2.